The molecule has 0 aromatic heterocycles. The SMILES string of the molecule is CC1(O)CN(C(=O)C2CCSC2)C1. The maximum atomic E-state index is 11.7. The third-order valence-electron chi connectivity index (χ3n) is 2.65. The van der Waals surface area contributed by atoms with Gasteiger partial charge < -0.3 is 10.0 Å². The molecule has 1 N–H and O–H groups in total. The van der Waals surface area contributed by atoms with E-state index in [0.717, 1.165) is 17.9 Å². The number of carbonyl (C=O) groups excluding carboxylic acids is 1. The van der Waals surface area contributed by atoms with Gasteiger partial charge in [-0.3, -0.25) is 4.79 Å². The van der Waals surface area contributed by atoms with E-state index in [4.69, 9.17) is 0 Å². The summed E-state index contributed by atoms with van der Waals surface area (Å²) in [5, 5.41) is 9.48. The van der Waals surface area contributed by atoms with Gasteiger partial charge in [0, 0.05) is 11.7 Å². The van der Waals surface area contributed by atoms with E-state index in [2.05, 4.69) is 0 Å². The number of hydrogen-bond donors (Lipinski definition) is 1. The van der Waals surface area contributed by atoms with Gasteiger partial charge in [-0.1, -0.05) is 0 Å². The first kappa shape index (κ1) is 9.34. The summed E-state index contributed by atoms with van der Waals surface area (Å²) in [5.74, 6) is 2.55. The van der Waals surface area contributed by atoms with E-state index < -0.39 is 5.60 Å². The fraction of sp³-hybridized carbons (Fsp3) is 0.889. The fourth-order valence-electron chi connectivity index (χ4n) is 1.92. The van der Waals surface area contributed by atoms with Crippen molar-refractivity contribution in [2.24, 2.45) is 5.92 Å². The molecular weight excluding hydrogens is 186 g/mol. The van der Waals surface area contributed by atoms with E-state index >= 15 is 0 Å². The normalized spacial score (nSPS) is 31.5. The Labute approximate surface area is 82.5 Å². The van der Waals surface area contributed by atoms with Crippen molar-refractivity contribution in [2.45, 2.75) is 18.9 Å². The third-order valence-corrected chi connectivity index (χ3v) is 3.82. The molecule has 0 aromatic carbocycles. The number of aliphatic hydroxyl groups is 1. The van der Waals surface area contributed by atoms with Crippen LogP contribution in [0.5, 0.6) is 0 Å². The summed E-state index contributed by atoms with van der Waals surface area (Å²) < 4.78 is 0. The molecule has 74 valence electrons. The van der Waals surface area contributed by atoms with Crippen LogP contribution in [0.2, 0.25) is 0 Å². The lowest BCUT2D eigenvalue weighted by Gasteiger charge is -2.45. The second-order valence-electron chi connectivity index (χ2n) is 4.25. The Morgan fingerprint density at radius 2 is 2.31 bits per heavy atom. The molecule has 0 aromatic rings. The second kappa shape index (κ2) is 3.17. The summed E-state index contributed by atoms with van der Waals surface area (Å²) in [6.07, 6.45) is 1.02. The zero-order valence-corrected chi connectivity index (χ0v) is 8.64. The number of rotatable bonds is 1. The van der Waals surface area contributed by atoms with Crippen molar-refractivity contribution in [3.8, 4) is 0 Å². The minimum Gasteiger partial charge on any atom is -0.386 e. The molecule has 0 bridgehead atoms. The highest BCUT2D eigenvalue weighted by Crippen LogP contribution is 2.29. The van der Waals surface area contributed by atoms with Crippen LogP contribution in [-0.4, -0.2) is 46.1 Å². The van der Waals surface area contributed by atoms with Crippen molar-refractivity contribution in [3.05, 3.63) is 0 Å². The van der Waals surface area contributed by atoms with E-state index in [1.165, 1.54) is 0 Å². The van der Waals surface area contributed by atoms with Crippen molar-refractivity contribution in [2.75, 3.05) is 24.6 Å². The summed E-state index contributed by atoms with van der Waals surface area (Å²) in [6.45, 7) is 2.82. The summed E-state index contributed by atoms with van der Waals surface area (Å²) >= 11 is 1.85. The fourth-order valence-corrected chi connectivity index (χ4v) is 3.13. The molecule has 13 heavy (non-hydrogen) atoms. The smallest absolute Gasteiger partial charge is 0.226 e. The molecular formula is C9H15NO2S. The number of carbonyl (C=O) groups is 1. The van der Waals surface area contributed by atoms with Crippen LogP contribution in [0.15, 0.2) is 0 Å². The maximum absolute atomic E-state index is 11.7. The molecule has 3 nitrogen and oxygen atoms in total. The molecule has 2 aliphatic rings. The Morgan fingerprint density at radius 3 is 2.77 bits per heavy atom. The molecule has 2 aliphatic heterocycles. The van der Waals surface area contributed by atoms with Crippen LogP contribution in [0, 0.1) is 5.92 Å². The lowest BCUT2D eigenvalue weighted by Crippen LogP contribution is -2.62. The van der Waals surface area contributed by atoms with Crippen LogP contribution < -0.4 is 0 Å². The van der Waals surface area contributed by atoms with Crippen molar-refractivity contribution in [1.82, 2.24) is 4.90 Å². The van der Waals surface area contributed by atoms with Crippen LogP contribution in [0.25, 0.3) is 0 Å². The van der Waals surface area contributed by atoms with Gasteiger partial charge in [0.2, 0.25) is 5.91 Å². The van der Waals surface area contributed by atoms with Crippen LogP contribution in [0.4, 0.5) is 0 Å². The van der Waals surface area contributed by atoms with E-state index in [0.29, 0.717) is 13.1 Å². The number of thioether (sulfide) groups is 1. The first-order chi connectivity index (χ1) is 6.08. The number of amides is 1. The van der Waals surface area contributed by atoms with Crippen molar-refractivity contribution in [1.29, 1.82) is 0 Å². The topological polar surface area (TPSA) is 40.5 Å². The quantitative estimate of drug-likeness (QED) is 0.665. The van der Waals surface area contributed by atoms with Gasteiger partial charge in [0.25, 0.3) is 0 Å². The Hall–Kier alpha value is -0.220. The third kappa shape index (κ3) is 1.83. The molecule has 2 heterocycles. The average Bonchev–Trinajstić information content (AvgIpc) is 2.50. The van der Waals surface area contributed by atoms with Crippen molar-refractivity contribution < 1.29 is 9.90 Å². The number of nitrogens with zero attached hydrogens (tertiary/aromatic N) is 1. The molecule has 0 spiro atoms. The molecule has 1 unspecified atom stereocenters. The molecule has 1 atom stereocenters. The second-order valence-corrected chi connectivity index (χ2v) is 5.40. The highest BCUT2D eigenvalue weighted by atomic mass is 32.2. The highest BCUT2D eigenvalue weighted by molar-refractivity contribution is 7.99. The standard InChI is InChI=1S/C9H15NO2S/c1-9(12)5-10(6-9)8(11)7-2-3-13-4-7/h7,12H,2-6H2,1H3. The first-order valence-electron chi connectivity index (χ1n) is 4.67. The molecule has 0 saturated carbocycles. The largest absolute Gasteiger partial charge is 0.386 e. The van der Waals surface area contributed by atoms with Crippen LogP contribution in [-0.2, 0) is 4.79 Å². The molecule has 2 saturated heterocycles. The maximum Gasteiger partial charge on any atom is 0.226 e. The molecule has 0 aliphatic carbocycles. The Bertz CT molecular complexity index is 216. The summed E-state index contributed by atoms with van der Waals surface area (Å²) in [7, 11) is 0. The minimum absolute atomic E-state index is 0.223. The van der Waals surface area contributed by atoms with Gasteiger partial charge in [0.1, 0.15) is 0 Å². The summed E-state index contributed by atoms with van der Waals surface area (Å²) in [4.78, 5) is 13.5. The number of hydrogen-bond acceptors (Lipinski definition) is 3. The lowest BCUT2D eigenvalue weighted by atomic mass is 9.94. The predicted molar refractivity (Wildman–Crippen MR) is 52.6 cm³/mol. The van der Waals surface area contributed by atoms with Crippen LogP contribution in [0.1, 0.15) is 13.3 Å². The van der Waals surface area contributed by atoms with Gasteiger partial charge in [-0.25, -0.2) is 0 Å². The van der Waals surface area contributed by atoms with Crippen LogP contribution in [0.3, 0.4) is 0 Å². The Morgan fingerprint density at radius 1 is 1.62 bits per heavy atom. The van der Waals surface area contributed by atoms with Gasteiger partial charge in [-0.2, -0.15) is 11.8 Å². The zero-order valence-electron chi connectivity index (χ0n) is 7.82. The Kier molecular flexibility index (Phi) is 2.28. The summed E-state index contributed by atoms with van der Waals surface area (Å²) in [5.41, 5.74) is -0.624. The van der Waals surface area contributed by atoms with Gasteiger partial charge >= 0.3 is 0 Å². The number of β-amino-alcohol motifs (C(OH)–C–C–N with tert-alkyl or cyclic N) is 1. The molecule has 1 amide bonds. The van der Waals surface area contributed by atoms with Crippen LogP contribution >= 0.6 is 11.8 Å². The highest BCUT2D eigenvalue weighted by Gasteiger charge is 2.41. The van der Waals surface area contributed by atoms with Crippen molar-refractivity contribution in [3.63, 3.8) is 0 Å². The van der Waals surface area contributed by atoms with E-state index in [-0.39, 0.29) is 11.8 Å². The number of likely N-dealkylation sites (tertiary alicyclic amines) is 1. The molecule has 0 radical (unpaired) electrons. The monoisotopic (exact) mass is 201 g/mol. The summed E-state index contributed by atoms with van der Waals surface area (Å²) in [6, 6.07) is 0. The van der Waals surface area contributed by atoms with Gasteiger partial charge in [0.15, 0.2) is 0 Å². The van der Waals surface area contributed by atoms with Gasteiger partial charge in [0.05, 0.1) is 18.7 Å². The average molecular weight is 201 g/mol. The van der Waals surface area contributed by atoms with E-state index in [1.807, 2.05) is 11.8 Å². The molecule has 2 fully saturated rings. The van der Waals surface area contributed by atoms with Gasteiger partial charge in [-0.05, 0) is 19.1 Å². The van der Waals surface area contributed by atoms with E-state index in [9.17, 15) is 9.90 Å². The zero-order chi connectivity index (χ0) is 9.47. The van der Waals surface area contributed by atoms with Gasteiger partial charge in [-0.15, -0.1) is 0 Å². The Balaban J connectivity index is 1.85. The predicted octanol–water partition coefficient (Wildman–Crippen LogP) is 0.333. The van der Waals surface area contributed by atoms with E-state index in [1.54, 1.807) is 11.8 Å². The molecule has 4 heteroatoms. The minimum atomic E-state index is -0.624. The lowest BCUT2D eigenvalue weighted by molar-refractivity contribution is -0.155. The van der Waals surface area contributed by atoms with Crippen molar-refractivity contribution >= 4 is 17.7 Å². The molecule has 2 rings (SSSR count). The first-order valence-corrected chi connectivity index (χ1v) is 5.83.